The predicted molar refractivity (Wildman–Crippen MR) is 124 cm³/mol. The fourth-order valence-electron chi connectivity index (χ4n) is 2.83. The zero-order chi connectivity index (χ0) is 23.6. The maximum Gasteiger partial charge on any atom is 0.254 e. The van der Waals surface area contributed by atoms with Crippen molar-refractivity contribution < 1.29 is 23.5 Å². The van der Waals surface area contributed by atoms with Gasteiger partial charge in [0.1, 0.15) is 12.3 Å². The average Bonchev–Trinajstić information content (AvgIpc) is 3.47. The Morgan fingerprint density at radius 2 is 1.97 bits per heavy atom. The van der Waals surface area contributed by atoms with Gasteiger partial charge in [0.25, 0.3) is 5.91 Å². The Morgan fingerprint density at radius 3 is 2.67 bits per heavy atom. The van der Waals surface area contributed by atoms with Gasteiger partial charge in [-0.3, -0.25) is 14.4 Å². The molecule has 11 heteroatoms. The van der Waals surface area contributed by atoms with Gasteiger partial charge in [-0.15, -0.1) is 11.3 Å². The third-order valence-corrected chi connectivity index (χ3v) is 5.52. The van der Waals surface area contributed by atoms with Gasteiger partial charge in [0.05, 0.1) is 31.5 Å². The van der Waals surface area contributed by atoms with Crippen molar-refractivity contribution in [2.45, 2.75) is 13.0 Å². The number of ether oxygens (including phenoxy) is 1. The van der Waals surface area contributed by atoms with Crippen molar-refractivity contribution in [3.8, 4) is 0 Å². The van der Waals surface area contributed by atoms with Crippen molar-refractivity contribution >= 4 is 45.8 Å². The highest BCUT2D eigenvalue weighted by molar-refractivity contribution is 7.13. The molecule has 0 atom stereocenters. The van der Waals surface area contributed by atoms with Gasteiger partial charge >= 0.3 is 0 Å². The highest BCUT2D eigenvalue weighted by Crippen LogP contribution is 2.16. The summed E-state index contributed by atoms with van der Waals surface area (Å²) in [5.74, 6) is -0.279. The number of nitrogens with zero attached hydrogens (tertiary/aromatic N) is 2. The van der Waals surface area contributed by atoms with Gasteiger partial charge < -0.3 is 24.7 Å². The summed E-state index contributed by atoms with van der Waals surface area (Å²) in [5.41, 5.74) is 0.945. The normalized spacial score (nSPS) is 10.6. The minimum Gasteiger partial charge on any atom is -0.467 e. The van der Waals surface area contributed by atoms with Crippen LogP contribution in [0.4, 0.5) is 5.13 Å². The molecular formula is C22H23ClN4O5S. The van der Waals surface area contributed by atoms with Crippen molar-refractivity contribution in [1.29, 1.82) is 0 Å². The quantitative estimate of drug-likeness (QED) is 0.427. The number of anilines is 1. The molecule has 0 bridgehead atoms. The zero-order valence-electron chi connectivity index (χ0n) is 17.9. The topological polar surface area (TPSA) is 114 Å². The summed E-state index contributed by atoms with van der Waals surface area (Å²) < 4.78 is 10.2. The lowest BCUT2D eigenvalue weighted by Crippen LogP contribution is -2.40. The SMILES string of the molecule is COCCN(CC(=O)Nc1nc(CC(=O)NCc2ccco2)cs1)C(=O)c1ccc(Cl)cc1. The first-order chi connectivity index (χ1) is 15.9. The standard InChI is InChI=1S/C22H23ClN4O5S/c1-31-10-8-27(21(30)15-4-6-16(23)7-5-15)13-20(29)26-22-25-17(14-33-22)11-19(28)24-12-18-3-2-9-32-18/h2-7,9,14H,8,10-13H2,1H3,(H,24,28)(H,25,26,29). The third kappa shape index (κ3) is 7.70. The number of aromatic nitrogens is 1. The number of halogens is 1. The fourth-order valence-corrected chi connectivity index (χ4v) is 3.68. The van der Waals surface area contributed by atoms with Crippen molar-refractivity contribution in [1.82, 2.24) is 15.2 Å². The maximum absolute atomic E-state index is 12.8. The van der Waals surface area contributed by atoms with Gasteiger partial charge in [-0.25, -0.2) is 4.98 Å². The number of benzene rings is 1. The number of methoxy groups -OCH3 is 1. The number of amides is 3. The summed E-state index contributed by atoms with van der Waals surface area (Å²) in [6, 6.07) is 9.95. The number of hydrogen-bond donors (Lipinski definition) is 2. The van der Waals surface area contributed by atoms with Crippen LogP contribution in [-0.4, -0.2) is 54.4 Å². The summed E-state index contributed by atoms with van der Waals surface area (Å²) in [6.07, 6.45) is 1.61. The summed E-state index contributed by atoms with van der Waals surface area (Å²) >= 11 is 7.09. The Balaban J connectivity index is 1.53. The predicted octanol–water partition coefficient (Wildman–Crippen LogP) is 2.98. The molecule has 0 spiro atoms. The van der Waals surface area contributed by atoms with Crippen molar-refractivity contribution in [3.05, 3.63) is 70.1 Å². The summed E-state index contributed by atoms with van der Waals surface area (Å²) in [6.45, 7) is 0.632. The van der Waals surface area contributed by atoms with E-state index in [1.54, 1.807) is 41.8 Å². The average molecular weight is 491 g/mol. The van der Waals surface area contributed by atoms with Crippen molar-refractivity contribution in [3.63, 3.8) is 0 Å². The molecule has 2 N–H and O–H groups in total. The van der Waals surface area contributed by atoms with Crippen LogP contribution in [0.15, 0.2) is 52.5 Å². The highest BCUT2D eigenvalue weighted by Gasteiger charge is 2.20. The van der Waals surface area contributed by atoms with E-state index in [9.17, 15) is 14.4 Å². The molecule has 3 aromatic rings. The highest BCUT2D eigenvalue weighted by atomic mass is 35.5. The molecule has 0 fully saturated rings. The first-order valence-electron chi connectivity index (χ1n) is 10.0. The van der Waals surface area contributed by atoms with Crippen LogP contribution in [-0.2, 0) is 27.3 Å². The Hall–Kier alpha value is -3.21. The molecule has 2 heterocycles. The Kier molecular flexibility index (Phi) is 8.99. The van der Waals surface area contributed by atoms with Gasteiger partial charge in [0.15, 0.2) is 5.13 Å². The molecule has 1 aromatic carbocycles. The minimum atomic E-state index is -0.406. The number of hydrogen-bond acceptors (Lipinski definition) is 7. The van der Waals surface area contributed by atoms with E-state index >= 15 is 0 Å². The van der Waals surface area contributed by atoms with Gasteiger partial charge in [-0.2, -0.15) is 0 Å². The van der Waals surface area contributed by atoms with E-state index in [1.165, 1.54) is 29.6 Å². The molecule has 0 saturated heterocycles. The zero-order valence-corrected chi connectivity index (χ0v) is 19.4. The van der Waals surface area contributed by atoms with E-state index in [-0.39, 0.29) is 37.9 Å². The van der Waals surface area contributed by atoms with Crippen LogP contribution in [0.25, 0.3) is 0 Å². The second-order valence-electron chi connectivity index (χ2n) is 6.95. The Bertz CT molecular complexity index is 1070. The van der Waals surface area contributed by atoms with Gasteiger partial charge in [-0.1, -0.05) is 11.6 Å². The molecule has 2 aromatic heterocycles. The van der Waals surface area contributed by atoms with Gasteiger partial charge in [0.2, 0.25) is 11.8 Å². The maximum atomic E-state index is 12.8. The lowest BCUT2D eigenvalue weighted by Gasteiger charge is -2.21. The van der Waals surface area contributed by atoms with Gasteiger partial charge in [-0.05, 0) is 36.4 Å². The van der Waals surface area contributed by atoms with Crippen molar-refractivity contribution in [2.75, 3.05) is 32.1 Å². The van der Waals surface area contributed by atoms with Crippen LogP contribution in [0.1, 0.15) is 21.8 Å². The molecule has 3 rings (SSSR count). The molecule has 0 aliphatic rings. The number of furan rings is 1. The molecule has 0 saturated carbocycles. The summed E-state index contributed by atoms with van der Waals surface area (Å²) in [4.78, 5) is 43.1. The van der Waals surface area contributed by atoms with E-state index in [0.717, 1.165) is 0 Å². The van der Waals surface area contributed by atoms with Crippen LogP contribution >= 0.6 is 22.9 Å². The minimum absolute atomic E-state index is 0.0715. The largest absolute Gasteiger partial charge is 0.467 e. The molecule has 0 unspecified atom stereocenters. The van der Waals surface area contributed by atoms with Crippen LogP contribution in [0.3, 0.4) is 0 Å². The Labute approximate surface area is 199 Å². The molecule has 0 aliphatic heterocycles. The number of thiazole rings is 1. The van der Waals surface area contributed by atoms with E-state index in [0.29, 0.717) is 33.7 Å². The lowest BCUT2D eigenvalue weighted by atomic mass is 10.2. The van der Waals surface area contributed by atoms with E-state index in [1.807, 2.05) is 0 Å². The fraction of sp³-hybridized carbons (Fsp3) is 0.273. The smallest absolute Gasteiger partial charge is 0.254 e. The first-order valence-corrected chi connectivity index (χ1v) is 11.3. The molecule has 3 amide bonds. The third-order valence-electron chi connectivity index (χ3n) is 4.46. The molecule has 174 valence electrons. The molecule has 9 nitrogen and oxygen atoms in total. The Morgan fingerprint density at radius 1 is 1.18 bits per heavy atom. The van der Waals surface area contributed by atoms with E-state index < -0.39 is 5.91 Å². The molecule has 0 radical (unpaired) electrons. The van der Waals surface area contributed by atoms with Crippen LogP contribution in [0.5, 0.6) is 0 Å². The molecule has 33 heavy (non-hydrogen) atoms. The number of carbonyl (C=O) groups is 3. The first kappa shape index (κ1) is 24.4. The molecule has 0 aliphatic carbocycles. The summed E-state index contributed by atoms with van der Waals surface area (Å²) in [5, 5.41) is 7.98. The van der Waals surface area contributed by atoms with Crippen molar-refractivity contribution in [2.24, 2.45) is 0 Å². The molecular weight excluding hydrogens is 468 g/mol. The van der Waals surface area contributed by atoms with E-state index in [2.05, 4.69) is 15.6 Å². The number of nitrogens with one attached hydrogen (secondary N) is 2. The monoisotopic (exact) mass is 490 g/mol. The second kappa shape index (κ2) is 12.1. The van der Waals surface area contributed by atoms with Crippen LogP contribution in [0, 0.1) is 0 Å². The second-order valence-corrected chi connectivity index (χ2v) is 8.25. The van der Waals surface area contributed by atoms with Gasteiger partial charge in [0, 0.05) is 29.6 Å². The summed E-state index contributed by atoms with van der Waals surface area (Å²) in [7, 11) is 1.52. The van der Waals surface area contributed by atoms with Crippen LogP contribution < -0.4 is 10.6 Å². The number of carbonyl (C=O) groups excluding carboxylic acids is 3. The number of rotatable bonds is 11. The lowest BCUT2D eigenvalue weighted by molar-refractivity contribution is -0.120. The van der Waals surface area contributed by atoms with Crippen LogP contribution in [0.2, 0.25) is 5.02 Å². The van der Waals surface area contributed by atoms with E-state index in [4.69, 9.17) is 20.8 Å².